The standard InChI is InChI=1S/C19H26FN3O2S/c1-18(2,3)23(17(24)25)16-22-19(9-5-4-6-12(19)11-26-16)14-10-13(21)7-8-15(14)20/h7-8,10,12H,4-6,9,11,21H2,1-3H3,(H,24,25)/t12-,19-/m0/s1. The Morgan fingerprint density at radius 3 is 2.81 bits per heavy atom. The number of thioether (sulfide) groups is 1. The van der Waals surface area contributed by atoms with Gasteiger partial charge in [-0.2, -0.15) is 0 Å². The molecule has 142 valence electrons. The zero-order chi connectivity index (χ0) is 19.1. The van der Waals surface area contributed by atoms with Crippen LogP contribution < -0.4 is 5.73 Å². The lowest BCUT2D eigenvalue weighted by atomic mass is 9.69. The number of amides is 1. The molecule has 3 rings (SSSR count). The highest BCUT2D eigenvalue weighted by Crippen LogP contribution is 2.51. The van der Waals surface area contributed by atoms with E-state index in [4.69, 9.17) is 10.7 Å². The SMILES string of the molecule is CC(C)(C)N(C(=O)O)C1=N[C@@]2(c3cc(N)ccc3F)CCCC[C@H]2CS1. The van der Waals surface area contributed by atoms with Crippen LogP contribution in [0.15, 0.2) is 23.2 Å². The van der Waals surface area contributed by atoms with Crippen LogP contribution in [0.4, 0.5) is 14.9 Å². The van der Waals surface area contributed by atoms with Crippen LogP contribution in [0.5, 0.6) is 0 Å². The lowest BCUT2D eigenvalue weighted by Crippen LogP contribution is -2.52. The van der Waals surface area contributed by atoms with E-state index in [1.165, 1.54) is 22.7 Å². The minimum atomic E-state index is -1.04. The molecule has 5 nitrogen and oxygen atoms in total. The van der Waals surface area contributed by atoms with Crippen molar-refractivity contribution in [1.29, 1.82) is 0 Å². The smallest absolute Gasteiger partial charge is 0.413 e. The molecule has 0 aromatic heterocycles. The summed E-state index contributed by atoms with van der Waals surface area (Å²) in [5, 5.41) is 10.2. The van der Waals surface area contributed by atoms with Crippen LogP contribution in [-0.2, 0) is 5.54 Å². The zero-order valence-corrected chi connectivity index (χ0v) is 16.3. The number of nitrogens with two attached hydrogens (primary N) is 1. The van der Waals surface area contributed by atoms with E-state index >= 15 is 0 Å². The molecule has 2 atom stereocenters. The fourth-order valence-corrected chi connectivity index (χ4v) is 5.54. The van der Waals surface area contributed by atoms with Gasteiger partial charge in [0.25, 0.3) is 0 Å². The van der Waals surface area contributed by atoms with Crippen LogP contribution in [-0.4, -0.2) is 32.6 Å². The van der Waals surface area contributed by atoms with Crippen LogP contribution >= 0.6 is 11.8 Å². The molecular weight excluding hydrogens is 353 g/mol. The normalized spacial score (nSPS) is 26.0. The first-order valence-corrected chi connectivity index (χ1v) is 9.95. The summed E-state index contributed by atoms with van der Waals surface area (Å²) in [5.41, 5.74) is 5.57. The number of fused-ring (bicyclic) bond motifs is 1. The fraction of sp³-hybridized carbons (Fsp3) is 0.579. The van der Waals surface area contributed by atoms with Crippen molar-refractivity contribution >= 4 is 28.7 Å². The first-order valence-electron chi connectivity index (χ1n) is 8.96. The van der Waals surface area contributed by atoms with Crippen molar-refractivity contribution in [3.8, 4) is 0 Å². The summed E-state index contributed by atoms with van der Waals surface area (Å²) in [4.78, 5) is 18.1. The van der Waals surface area contributed by atoms with E-state index in [1.807, 2.05) is 20.8 Å². The Hall–Kier alpha value is -1.76. The molecule has 0 radical (unpaired) electrons. The van der Waals surface area contributed by atoms with Crippen molar-refractivity contribution in [2.75, 3.05) is 11.5 Å². The molecule has 1 saturated carbocycles. The van der Waals surface area contributed by atoms with Gasteiger partial charge >= 0.3 is 6.09 Å². The molecule has 0 unspecified atom stereocenters. The second-order valence-corrected chi connectivity index (χ2v) is 9.09. The highest BCUT2D eigenvalue weighted by Gasteiger charge is 2.48. The van der Waals surface area contributed by atoms with E-state index in [1.54, 1.807) is 12.1 Å². The molecule has 0 saturated heterocycles. The Morgan fingerprint density at radius 1 is 1.42 bits per heavy atom. The van der Waals surface area contributed by atoms with Crippen molar-refractivity contribution < 1.29 is 14.3 Å². The van der Waals surface area contributed by atoms with Gasteiger partial charge in [0, 0.05) is 22.5 Å². The fourth-order valence-electron chi connectivity index (χ4n) is 4.03. The van der Waals surface area contributed by atoms with E-state index in [0.29, 0.717) is 22.8 Å². The second kappa shape index (κ2) is 6.76. The molecule has 1 fully saturated rings. The van der Waals surface area contributed by atoms with Crippen molar-refractivity contribution in [2.45, 2.75) is 57.5 Å². The molecule has 0 bridgehead atoms. The Balaban J connectivity index is 2.17. The number of halogens is 1. The van der Waals surface area contributed by atoms with Crippen molar-refractivity contribution in [1.82, 2.24) is 4.90 Å². The Morgan fingerprint density at radius 2 is 2.15 bits per heavy atom. The Bertz CT molecular complexity index is 747. The van der Waals surface area contributed by atoms with Gasteiger partial charge in [-0.15, -0.1) is 0 Å². The monoisotopic (exact) mass is 379 g/mol. The lowest BCUT2D eigenvalue weighted by Gasteiger charge is -2.47. The number of benzene rings is 1. The average molecular weight is 380 g/mol. The van der Waals surface area contributed by atoms with Gasteiger partial charge in [0.1, 0.15) is 5.82 Å². The minimum Gasteiger partial charge on any atom is -0.465 e. The van der Waals surface area contributed by atoms with E-state index in [-0.39, 0.29) is 11.7 Å². The van der Waals surface area contributed by atoms with E-state index in [0.717, 1.165) is 25.0 Å². The van der Waals surface area contributed by atoms with Crippen LogP contribution in [0, 0.1) is 11.7 Å². The van der Waals surface area contributed by atoms with E-state index < -0.39 is 17.2 Å². The quantitative estimate of drug-likeness (QED) is 0.695. The van der Waals surface area contributed by atoms with Crippen molar-refractivity contribution in [3.63, 3.8) is 0 Å². The topological polar surface area (TPSA) is 78.9 Å². The maximum atomic E-state index is 14.8. The largest absolute Gasteiger partial charge is 0.465 e. The predicted molar refractivity (Wildman–Crippen MR) is 104 cm³/mol. The van der Waals surface area contributed by atoms with E-state index in [2.05, 4.69) is 0 Å². The third-order valence-electron chi connectivity index (χ3n) is 5.25. The number of hydrogen-bond donors (Lipinski definition) is 2. The molecule has 7 heteroatoms. The number of nitrogens with zero attached hydrogens (tertiary/aromatic N) is 2. The van der Waals surface area contributed by atoms with Crippen LogP contribution in [0.25, 0.3) is 0 Å². The molecule has 1 aliphatic carbocycles. The third-order valence-corrected chi connectivity index (χ3v) is 6.36. The predicted octanol–water partition coefficient (Wildman–Crippen LogP) is 4.67. The van der Waals surface area contributed by atoms with Gasteiger partial charge < -0.3 is 10.8 Å². The molecule has 3 N–H and O–H groups in total. The van der Waals surface area contributed by atoms with Gasteiger partial charge in [-0.05, 0) is 57.7 Å². The summed E-state index contributed by atoms with van der Waals surface area (Å²) >= 11 is 1.46. The first-order chi connectivity index (χ1) is 12.1. The van der Waals surface area contributed by atoms with Crippen molar-refractivity contribution in [3.05, 3.63) is 29.6 Å². The third kappa shape index (κ3) is 3.29. The summed E-state index contributed by atoms with van der Waals surface area (Å²) in [6.45, 7) is 5.51. The number of nitrogen functional groups attached to an aromatic ring is 1. The number of carboxylic acid groups (broad SMARTS) is 1. The first kappa shape index (κ1) is 19.0. The van der Waals surface area contributed by atoms with Gasteiger partial charge in [0.05, 0.1) is 5.54 Å². The molecule has 2 aliphatic rings. The average Bonchev–Trinajstić information content (AvgIpc) is 2.55. The molecule has 1 aliphatic heterocycles. The van der Waals surface area contributed by atoms with E-state index in [9.17, 15) is 14.3 Å². The minimum absolute atomic E-state index is 0.178. The molecule has 0 spiro atoms. The molecular formula is C19H26FN3O2S. The Labute approximate surface area is 157 Å². The maximum Gasteiger partial charge on any atom is 0.413 e. The summed E-state index contributed by atoms with van der Waals surface area (Å²) in [5.74, 6) is 0.586. The number of rotatable bonds is 1. The number of aliphatic imine (C=N–C) groups is 1. The van der Waals surface area contributed by atoms with Crippen LogP contribution in [0.2, 0.25) is 0 Å². The summed E-state index contributed by atoms with van der Waals surface area (Å²) in [6, 6.07) is 4.61. The number of anilines is 1. The van der Waals surface area contributed by atoms with Gasteiger partial charge in [-0.3, -0.25) is 9.89 Å². The van der Waals surface area contributed by atoms with Crippen LogP contribution in [0.1, 0.15) is 52.0 Å². The highest BCUT2D eigenvalue weighted by molar-refractivity contribution is 8.13. The number of carbonyl (C=O) groups is 1. The zero-order valence-electron chi connectivity index (χ0n) is 15.5. The van der Waals surface area contributed by atoms with Gasteiger partial charge in [-0.1, -0.05) is 24.6 Å². The molecule has 1 aromatic rings. The van der Waals surface area contributed by atoms with Crippen LogP contribution in [0.3, 0.4) is 0 Å². The molecule has 1 amide bonds. The summed E-state index contributed by atoms with van der Waals surface area (Å²) in [7, 11) is 0. The Kier molecular flexibility index (Phi) is 4.94. The van der Waals surface area contributed by atoms with Gasteiger partial charge in [0.2, 0.25) is 0 Å². The van der Waals surface area contributed by atoms with Crippen molar-refractivity contribution in [2.24, 2.45) is 10.9 Å². The lowest BCUT2D eigenvalue weighted by molar-refractivity contribution is 0.139. The number of amidine groups is 1. The summed E-state index contributed by atoms with van der Waals surface area (Å²) < 4.78 is 14.8. The van der Waals surface area contributed by atoms with Gasteiger partial charge in [-0.25, -0.2) is 9.18 Å². The molecule has 1 aromatic carbocycles. The summed E-state index contributed by atoms with van der Waals surface area (Å²) in [6.07, 6.45) is 2.65. The second-order valence-electron chi connectivity index (χ2n) is 8.10. The molecule has 26 heavy (non-hydrogen) atoms. The number of hydrogen-bond acceptors (Lipinski definition) is 4. The van der Waals surface area contributed by atoms with Gasteiger partial charge in [0.15, 0.2) is 5.17 Å². The maximum absolute atomic E-state index is 14.8. The molecule has 1 heterocycles. The highest BCUT2D eigenvalue weighted by atomic mass is 32.2.